The van der Waals surface area contributed by atoms with Gasteiger partial charge in [0, 0.05) is 22.4 Å². The van der Waals surface area contributed by atoms with E-state index >= 15 is 0 Å². The SMILES string of the molecule is Brc1ccccc1-c1nnc(-c2ccncc2)o1. The number of benzene rings is 1. The summed E-state index contributed by atoms with van der Waals surface area (Å²) in [5, 5.41) is 8.10. The Kier molecular flexibility index (Phi) is 2.90. The highest BCUT2D eigenvalue weighted by molar-refractivity contribution is 9.10. The molecule has 4 nitrogen and oxygen atoms in total. The lowest BCUT2D eigenvalue weighted by molar-refractivity contribution is 0.584. The number of rotatable bonds is 2. The normalized spacial score (nSPS) is 10.5. The van der Waals surface area contributed by atoms with E-state index in [0.29, 0.717) is 11.8 Å². The van der Waals surface area contributed by atoms with Crippen molar-refractivity contribution >= 4 is 15.9 Å². The van der Waals surface area contributed by atoms with Crippen LogP contribution in [0.1, 0.15) is 0 Å². The van der Waals surface area contributed by atoms with Gasteiger partial charge in [-0.2, -0.15) is 0 Å². The van der Waals surface area contributed by atoms with E-state index in [9.17, 15) is 0 Å². The van der Waals surface area contributed by atoms with Gasteiger partial charge in [-0.1, -0.05) is 12.1 Å². The number of aromatic nitrogens is 3. The quantitative estimate of drug-likeness (QED) is 0.726. The van der Waals surface area contributed by atoms with Gasteiger partial charge in [-0.3, -0.25) is 4.98 Å². The van der Waals surface area contributed by atoms with Crippen LogP contribution in [0.4, 0.5) is 0 Å². The van der Waals surface area contributed by atoms with Crippen molar-refractivity contribution in [3.63, 3.8) is 0 Å². The summed E-state index contributed by atoms with van der Waals surface area (Å²) in [6.45, 7) is 0. The van der Waals surface area contributed by atoms with Gasteiger partial charge in [-0.25, -0.2) is 0 Å². The zero-order valence-electron chi connectivity index (χ0n) is 9.25. The maximum Gasteiger partial charge on any atom is 0.249 e. The largest absolute Gasteiger partial charge is 0.416 e. The van der Waals surface area contributed by atoms with Crippen LogP contribution in [0.15, 0.2) is 57.7 Å². The average Bonchev–Trinajstić information content (AvgIpc) is 2.90. The van der Waals surface area contributed by atoms with Crippen molar-refractivity contribution in [3.05, 3.63) is 53.3 Å². The molecule has 0 unspecified atom stereocenters. The first-order valence-corrected chi connectivity index (χ1v) is 6.13. The van der Waals surface area contributed by atoms with Gasteiger partial charge in [0.2, 0.25) is 11.8 Å². The van der Waals surface area contributed by atoms with Crippen LogP contribution in [-0.4, -0.2) is 15.2 Å². The summed E-state index contributed by atoms with van der Waals surface area (Å²) in [6.07, 6.45) is 3.38. The molecule has 1 aromatic carbocycles. The predicted molar refractivity (Wildman–Crippen MR) is 70.7 cm³/mol. The molecule has 0 aliphatic rings. The fourth-order valence-corrected chi connectivity index (χ4v) is 2.03. The van der Waals surface area contributed by atoms with E-state index in [2.05, 4.69) is 31.1 Å². The maximum atomic E-state index is 5.66. The first kappa shape index (κ1) is 11.1. The molecule has 0 bridgehead atoms. The molecule has 0 aliphatic heterocycles. The molecule has 3 aromatic rings. The summed E-state index contributed by atoms with van der Waals surface area (Å²) < 4.78 is 6.58. The molecule has 0 N–H and O–H groups in total. The fraction of sp³-hybridized carbons (Fsp3) is 0. The van der Waals surface area contributed by atoms with Crippen molar-refractivity contribution < 1.29 is 4.42 Å². The van der Waals surface area contributed by atoms with Gasteiger partial charge in [0.1, 0.15) is 0 Å². The molecule has 0 saturated carbocycles. The summed E-state index contributed by atoms with van der Waals surface area (Å²) in [4.78, 5) is 3.95. The highest BCUT2D eigenvalue weighted by Gasteiger charge is 2.12. The highest BCUT2D eigenvalue weighted by Crippen LogP contribution is 2.28. The molecule has 0 saturated heterocycles. The molecule has 0 fully saturated rings. The molecule has 0 aliphatic carbocycles. The second kappa shape index (κ2) is 4.70. The Labute approximate surface area is 112 Å². The Bertz CT molecular complexity index is 667. The van der Waals surface area contributed by atoms with Gasteiger partial charge in [0.05, 0.1) is 5.56 Å². The van der Waals surface area contributed by atoms with Crippen molar-refractivity contribution in [1.82, 2.24) is 15.2 Å². The molecule has 0 spiro atoms. The van der Waals surface area contributed by atoms with E-state index in [0.717, 1.165) is 15.6 Å². The number of hydrogen-bond donors (Lipinski definition) is 0. The van der Waals surface area contributed by atoms with Crippen LogP contribution in [0.3, 0.4) is 0 Å². The third-order valence-corrected chi connectivity index (χ3v) is 3.15. The van der Waals surface area contributed by atoms with Gasteiger partial charge in [0.15, 0.2) is 0 Å². The molecular formula is C13H8BrN3O. The van der Waals surface area contributed by atoms with E-state index in [-0.39, 0.29) is 0 Å². The van der Waals surface area contributed by atoms with E-state index < -0.39 is 0 Å². The summed E-state index contributed by atoms with van der Waals surface area (Å²) in [5.41, 5.74) is 1.74. The lowest BCUT2D eigenvalue weighted by atomic mass is 10.2. The molecule has 2 heterocycles. The van der Waals surface area contributed by atoms with Crippen molar-refractivity contribution in [1.29, 1.82) is 0 Å². The molecule has 2 aromatic heterocycles. The minimum absolute atomic E-state index is 0.489. The number of nitrogens with zero attached hydrogens (tertiary/aromatic N) is 3. The Morgan fingerprint density at radius 3 is 2.39 bits per heavy atom. The van der Waals surface area contributed by atoms with E-state index in [4.69, 9.17) is 4.42 Å². The van der Waals surface area contributed by atoms with Crippen LogP contribution in [0, 0.1) is 0 Å². The van der Waals surface area contributed by atoms with Crippen molar-refractivity contribution in [2.24, 2.45) is 0 Å². The number of hydrogen-bond acceptors (Lipinski definition) is 4. The van der Waals surface area contributed by atoms with Crippen LogP contribution in [0.25, 0.3) is 22.9 Å². The molecule has 5 heteroatoms. The summed E-state index contributed by atoms with van der Waals surface area (Å²) >= 11 is 3.46. The molecular weight excluding hydrogens is 294 g/mol. The van der Waals surface area contributed by atoms with Gasteiger partial charge in [0.25, 0.3) is 0 Å². The maximum absolute atomic E-state index is 5.66. The van der Waals surface area contributed by atoms with E-state index in [1.807, 2.05) is 36.4 Å². The molecule has 88 valence electrons. The zero-order valence-corrected chi connectivity index (χ0v) is 10.8. The highest BCUT2D eigenvalue weighted by atomic mass is 79.9. The first-order valence-electron chi connectivity index (χ1n) is 5.33. The number of halogens is 1. The third kappa shape index (κ3) is 2.04. The molecule has 3 rings (SSSR count). The Balaban J connectivity index is 2.03. The van der Waals surface area contributed by atoms with Crippen LogP contribution in [0.5, 0.6) is 0 Å². The molecule has 0 atom stereocenters. The smallest absolute Gasteiger partial charge is 0.249 e. The summed E-state index contributed by atoms with van der Waals surface area (Å²) in [6, 6.07) is 11.4. The lowest BCUT2D eigenvalue weighted by Crippen LogP contribution is -1.78. The molecule has 18 heavy (non-hydrogen) atoms. The van der Waals surface area contributed by atoms with Crippen molar-refractivity contribution in [2.75, 3.05) is 0 Å². The first-order chi connectivity index (χ1) is 8.84. The van der Waals surface area contributed by atoms with Crippen LogP contribution in [-0.2, 0) is 0 Å². The lowest BCUT2D eigenvalue weighted by Gasteiger charge is -1.97. The Hall–Kier alpha value is -2.01. The van der Waals surface area contributed by atoms with Crippen LogP contribution in [0.2, 0.25) is 0 Å². The topological polar surface area (TPSA) is 51.8 Å². The van der Waals surface area contributed by atoms with Gasteiger partial charge >= 0.3 is 0 Å². The third-order valence-electron chi connectivity index (χ3n) is 2.46. The number of pyridine rings is 1. The second-order valence-electron chi connectivity index (χ2n) is 3.63. The Morgan fingerprint density at radius 1 is 0.889 bits per heavy atom. The Morgan fingerprint density at radius 2 is 1.61 bits per heavy atom. The average molecular weight is 302 g/mol. The summed E-state index contributed by atoms with van der Waals surface area (Å²) in [7, 11) is 0. The minimum Gasteiger partial charge on any atom is -0.416 e. The predicted octanol–water partition coefficient (Wildman–Crippen LogP) is 3.56. The van der Waals surface area contributed by atoms with Gasteiger partial charge < -0.3 is 4.42 Å². The van der Waals surface area contributed by atoms with E-state index in [1.165, 1.54) is 0 Å². The van der Waals surface area contributed by atoms with Crippen molar-refractivity contribution in [2.45, 2.75) is 0 Å². The molecule has 0 amide bonds. The van der Waals surface area contributed by atoms with Crippen LogP contribution < -0.4 is 0 Å². The van der Waals surface area contributed by atoms with Crippen molar-refractivity contribution in [3.8, 4) is 22.9 Å². The van der Waals surface area contributed by atoms with Gasteiger partial charge in [-0.05, 0) is 40.2 Å². The zero-order chi connectivity index (χ0) is 12.4. The standard InChI is InChI=1S/C13H8BrN3O/c14-11-4-2-1-3-10(11)13-17-16-12(18-13)9-5-7-15-8-6-9/h1-8H. The van der Waals surface area contributed by atoms with Crippen LogP contribution >= 0.6 is 15.9 Å². The second-order valence-corrected chi connectivity index (χ2v) is 4.48. The fourth-order valence-electron chi connectivity index (χ4n) is 1.58. The van der Waals surface area contributed by atoms with Gasteiger partial charge in [-0.15, -0.1) is 10.2 Å². The summed E-state index contributed by atoms with van der Waals surface area (Å²) in [5.74, 6) is 0.984. The van der Waals surface area contributed by atoms with E-state index in [1.54, 1.807) is 12.4 Å². The minimum atomic E-state index is 0.489. The monoisotopic (exact) mass is 301 g/mol. The molecule has 0 radical (unpaired) electrons.